The van der Waals surface area contributed by atoms with Gasteiger partial charge in [0, 0.05) is 44.8 Å². The normalized spacial score (nSPS) is 20.4. The Morgan fingerprint density at radius 3 is 2.23 bits per heavy atom. The van der Waals surface area contributed by atoms with Crippen molar-refractivity contribution in [2.45, 2.75) is 31.8 Å². The van der Waals surface area contributed by atoms with Gasteiger partial charge in [0.15, 0.2) is 0 Å². The Kier molecular flexibility index (Phi) is 8.83. The van der Waals surface area contributed by atoms with Crippen LogP contribution in [0, 0.1) is 5.92 Å². The van der Waals surface area contributed by atoms with Gasteiger partial charge in [-0.25, -0.2) is 0 Å². The summed E-state index contributed by atoms with van der Waals surface area (Å²) >= 11 is 0. The molecule has 26 heavy (non-hydrogen) atoms. The van der Waals surface area contributed by atoms with Crippen molar-refractivity contribution < 1.29 is 4.79 Å². The van der Waals surface area contributed by atoms with Crippen LogP contribution < -0.4 is 11.1 Å². The van der Waals surface area contributed by atoms with Crippen LogP contribution in [0.4, 0.5) is 0 Å². The van der Waals surface area contributed by atoms with Crippen molar-refractivity contribution in [2.75, 3.05) is 39.8 Å². The van der Waals surface area contributed by atoms with Crippen LogP contribution in [0.15, 0.2) is 24.3 Å². The second-order valence-corrected chi connectivity index (χ2v) is 7.63. The monoisotopic (exact) mass is 402 g/mol. The average molecular weight is 403 g/mol. The summed E-state index contributed by atoms with van der Waals surface area (Å²) in [7, 11) is 2.17. The molecule has 1 aliphatic carbocycles. The number of hydrogen-bond acceptors (Lipinski definition) is 4. The highest BCUT2D eigenvalue weighted by molar-refractivity contribution is 5.94. The van der Waals surface area contributed by atoms with E-state index in [-0.39, 0.29) is 36.3 Å². The SMILES string of the molecule is CN1CCN(Cc2ccc(C(=O)NC(C)(CN)C3CC3)cc2)CC1.Cl.Cl. The lowest BCUT2D eigenvalue weighted by Crippen LogP contribution is -2.53. The van der Waals surface area contributed by atoms with Gasteiger partial charge < -0.3 is 16.0 Å². The molecule has 1 unspecified atom stereocenters. The van der Waals surface area contributed by atoms with Crippen LogP contribution in [0.1, 0.15) is 35.7 Å². The number of carbonyl (C=O) groups is 1. The van der Waals surface area contributed by atoms with E-state index in [0.29, 0.717) is 12.5 Å². The molecule has 1 amide bonds. The van der Waals surface area contributed by atoms with E-state index in [0.717, 1.165) is 51.1 Å². The molecule has 1 aromatic rings. The van der Waals surface area contributed by atoms with Crippen molar-refractivity contribution in [3.05, 3.63) is 35.4 Å². The molecule has 1 saturated heterocycles. The van der Waals surface area contributed by atoms with Gasteiger partial charge in [-0.2, -0.15) is 0 Å². The fourth-order valence-corrected chi connectivity index (χ4v) is 3.40. The van der Waals surface area contributed by atoms with E-state index in [2.05, 4.69) is 41.2 Å². The molecule has 5 nitrogen and oxygen atoms in total. The zero-order chi connectivity index (χ0) is 17.2. The van der Waals surface area contributed by atoms with Crippen LogP contribution in [0.5, 0.6) is 0 Å². The first kappa shape index (κ1) is 23.2. The van der Waals surface area contributed by atoms with Crippen LogP contribution in [0.3, 0.4) is 0 Å². The zero-order valence-electron chi connectivity index (χ0n) is 15.7. The maximum atomic E-state index is 12.5. The molecule has 0 bridgehead atoms. The Labute approximate surface area is 169 Å². The average Bonchev–Trinajstić information content (AvgIpc) is 3.43. The van der Waals surface area contributed by atoms with E-state index >= 15 is 0 Å². The molecule has 0 aromatic heterocycles. The predicted octanol–water partition coefficient (Wildman–Crippen LogP) is 2.13. The molecular formula is C19H32Cl2N4O. The molecule has 0 radical (unpaired) electrons. The first-order chi connectivity index (χ1) is 11.5. The summed E-state index contributed by atoms with van der Waals surface area (Å²) in [5, 5.41) is 3.15. The van der Waals surface area contributed by atoms with Crippen molar-refractivity contribution in [1.29, 1.82) is 0 Å². The summed E-state index contributed by atoms with van der Waals surface area (Å²) in [5.41, 5.74) is 7.60. The first-order valence-corrected chi connectivity index (χ1v) is 9.02. The third-order valence-corrected chi connectivity index (χ3v) is 5.52. The molecule has 1 aliphatic heterocycles. The number of rotatable bonds is 6. The second kappa shape index (κ2) is 9.90. The van der Waals surface area contributed by atoms with Crippen LogP contribution in [0.2, 0.25) is 0 Å². The number of nitrogens with two attached hydrogens (primary N) is 1. The highest BCUT2D eigenvalue weighted by Crippen LogP contribution is 2.39. The highest BCUT2D eigenvalue weighted by Gasteiger charge is 2.41. The largest absolute Gasteiger partial charge is 0.345 e. The summed E-state index contributed by atoms with van der Waals surface area (Å²) in [6.45, 7) is 7.97. The Morgan fingerprint density at radius 2 is 1.73 bits per heavy atom. The fraction of sp³-hybridized carbons (Fsp3) is 0.632. The van der Waals surface area contributed by atoms with Crippen LogP contribution >= 0.6 is 24.8 Å². The van der Waals surface area contributed by atoms with Gasteiger partial charge in [-0.3, -0.25) is 9.69 Å². The zero-order valence-corrected chi connectivity index (χ0v) is 17.4. The Hall–Kier alpha value is -0.850. The molecule has 148 valence electrons. The van der Waals surface area contributed by atoms with Gasteiger partial charge in [0.25, 0.3) is 5.91 Å². The molecule has 0 spiro atoms. The maximum Gasteiger partial charge on any atom is 0.251 e. The Balaban J connectivity index is 0.00000169. The molecular weight excluding hydrogens is 371 g/mol. The smallest absolute Gasteiger partial charge is 0.251 e. The van der Waals surface area contributed by atoms with Gasteiger partial charge in [0.1, 0.15) is 0 Å². The number of likely N-dealkylation sites (N-methyl/N-ethyl adjacent to an activating group) is 1. The lowest BCUT2D eigenvalue weighted by Gasteiger charge is -2.32. The van der Waals surface area contributed by atoms with E-state index in [9.17, 15) is 4.79 Å². The van der Waals surface area contributed by atoms with Crippen LogP contribution in [-0.2, 0) is 6.54 Å². The van der Waals surface area contributed by atoms with Crippen LogP contribution in [0.25, 0.3) is 0 Å². The number of hydrogen-bond donors (Lipinski definition) is 2. The molecule has 1 heterocycles. The number of carbonyl (C=O) groups excluding carboxylic acids is 1. The van der Waals surface area contributed by atoms with E-state index in [4.69, 9.17) is 5.73 Å². The number of nitrogens with one attached hydrogen (secondary N) is 1. The quantitative estimate of drug-likeness (QED) is 0.764. The molecule has 1 saturated carbocycles. The van der Waals surface area contributed by atoms with Gasteiger partial charge >= 0.3 is 0 Å². The van der Waals surface area contributed by atoms with Crippen molar-refractivity contribution in [2.24, 2.45) is 11.7 Å². The maximum absolute atomic E-state index is 12.5. The van der Waals surface area contributed by atoms with E-state index in [1.807, 2.05) is 12.1 Å². The Morgan fingerprint density at radius 1 is 1.15 bits per heavy atom. The van der Waals surface area contributed by atoms with Crippen LogP contribution in [-0.4, -0.2) is 61.0 Å². The number of halogens is 2. The number of nitrogens with zero attached hydrogens (tertiary/aromatic N) is 2. The van der Waals surface area contributed by atoms with E-state index in [1.165, 1.54) is 5.56 Å². The highest BCUT2D eigenvalue weighted by atomic mass is 35.5. The van der Waals surface area contributed by atoms with Crippen molar-refractivity contribution in [3.63, 3.8) is 0 Å². The van der Waals surface area contributed by atoms with Crippen molar-refractivity contribution in [3.8, 4) is 0 Å². The minimum absolute atomic E-state index is 0. The second-order valence-electron chi connectivity index (χ2n) is 7.63. The summed E-state index contributed by atoms with van der Waals surface area (Å²) < 4.78 is 0. The summed E-state index contributed by atoms with van der Waals surface area (Å²) in [6.07, 6.45) is 2.33. The lowest BCUT2D eigenvalue weighted by molar-refractivity contribution is 0.0898. The number of piperazine rings is 1. The van der Waals surface area contributed by atoms with E-state index < -0.39 is 0 Å². The van der Waals surface area contributed by atoms with Gasteiger partial charge in [0.2, 0.25) is 0 Å². The minimum Gasteiger partial charge on any atom is -0.345 e. The molecule has 3 N–H and O–H groups in total. The number of amides is 1. The first-order valence-electron chi connectivity index (χ1n) is 9.02. The molecule has 1 aromatic carbocycles. The standard InChI is InChI=1S/C19H30N4O.2ClH/c1-19(14-20,17-7-8-17)21-18(24)16-5-3-15(4-6-16)13-23-11-9-22(2)10-12-23;;/h3-6,17H,7-14,20H2,1-2H3,(H,21,24);2*1H. The molecule has 3 rings (SSSR count). The molecule has 1 atom stereocenters. The third kappa shape index (κ3) is 5.83. The third-order valence-electron chi connectivity index (χ3n) is 5.52. The van der Waals surface area contributed by atoms with Gasteiger partial charge in [-0.05, 0) is 50.4 Å². The molecule has 7 heteroatoms. The van der Waals surface area contributed by atoms with E-state index in [1.54, 1.807) is 0 Å². The van der Waals surface area contributed by atoms with Gasteiger partial charge in [-0.15, -0.1) is 24.8 Å². The van der Waals surface area contributed by atoms with Crippen molar-refractivity contribution in [1.82, 2.24) is 15.1 Å². The number of benzene rings is 1. The molecule has 2 aliphatic rings. The fourth-order valence-electron chi connectivity index (χ4n) is 3.40. The lowest BCUT2D eigenvalue weighted by atomic mass is 9.95. The topological polar surface area (TPSA) is 61.6 Å². The summed E-state index contributed by atoms with van der Waals surface area (Å²) in [4.78, 5) is 17.3. The minimum atomic E-state index is -0.268. The summed E-state index contributed by atoms with van der Waals surface area (Å²) in [6, 6.07) is 8.02. The van der Waals surface area contributed by atoms with Gasteiger partial charge in [0.05, 0.1) is 5.54 Å². The van der Waals surface area contributed by atoms with Gasteiger partial charge in [-0.1, -0.05) is 12.1 Å². The van der Waals surface area contributed by atoms with Crippen molar-refractivity contribution >= 4 is 30.7 Å². The Bertz CT molecular complexity index is 571. The predicted molar refractivity (Wildman–Crippen MR) is 111 cm³/mol. The summed E-state index contributed by atoms with van der Waals surface area (Å²) in [5.74, 6) is 0.518. The molecule has 2 fully saturated rings.